The molecule has 2 aromatic heterocycles. The number of hydrogen-bond donors (Lipinski definition) is 2. The van der Waals surface area contributed by atoms with E-state index in [9.17, 15) is 15.0 Å². The number of aromatic hydroxyl groups is 2. The summed E-state index contributed by atoms with van der Waals surface area (Å²) in [5.41, 5.74) is 1.39. The monoisotopic (exact) mass is 400 g/mol. The molecule has 30 heavy (non-hydrogen) atoms. The number of urea groups is 1. The second-order valence-electron chi connectivity index (χ2n) is 6.79. The number of carbonyl (C=O) groups excluding carboxylic acids is 1. The van der Waals surface area contributed by atoms with Crippen molar-refractivity contribution in [1.82, 2.24) is 4.57 Å². The molecule has 148 valence electrons. The molecule has 0 spiro atoms. The molecule has 4 aromatic rings. The van der Waals surface area contributed by atoms with E-state index in [0.29, 0.717) is 45.2 Å². The third-order valence-electron chi connectivity index (χ3n) is 4.97. The standard InChI is InChI=1S/C22H16N4O4/c1-2-26-20(27)15-6-3-12(9-16(15)21(26)28)19-8-5-14(30-19)11-23-13-4-7-17-18(10-13)25-22(29)24-17/h3-11,27-28H,2H2,1H3. The number of aliphatic imine (C=N–C) groups is 1. The quantitative estimate of drug-likeness (QED) is 0.511. The lowest BCUT2D eigenvalue weighted by Crippen LogP contribution is -2.20. The van der Waals surface area contributed by atoms with Crippen LogP contribution in [0.15, 0.2) is 67.9 Å². The fraction of sp³-hybridized carbons (Fsp3) is 0.0909. The maximum atomic E-state index is 11.3. The van der Waals surface area contributed by atoms with Gasteiger partial charge in [0.05, 0.1) is 22.6 Å². The average molecular weight is 400 g/mol. The van der Waals surface area contributed by atoms with Gasteiger partial charge in [-0.15, -0.1) is 0 Å². The number of nitrogens with zero attached hydrogens (tertiary/aromatic N) is 4. The van der Waals surface area contributed by atoms with E-state index in [1.807, 2.05) is 19.1 Å². The number of hydrogen-bond acceptors (Lipinski definition) is 5. The summed E-state index contributed by atoms with van der Waals surface area (Å²) >= 11 is 0. The number of amides is 2. The van der Waals surface area contributed by atoms with Crippen molar-refractivity contribution in [2.75, 3.05) is 0 Å². The van der Waals surface area contributed by atoms with Crippen LogP contribution in [-0.4, -0.2) is 27.0 Å². The van der Waals surface area contributed by atoms with E-state index in [4.69, 9.17) is 4.42 Å². The number of fused-ring (bicyclic) bond motifs is 2. The van der Waals surface area contributed by atoms with Crippen molar-refractivity contribution in [2.45, 2.75) is 13.5 Å². The molecule has 8 nitrogen and oxygen atoms in total. The van der Waals surface area contributed by atoms with Gasteiger partial charge in [-0.25, -0.2) is 4.79 Å². The summed E-state index contributed by atoms with van der Waals surface area (Å²) in [7, 11) is 0. The van der Waals surface area contributed by atoms with E-state index in [2.05, 4.69) is 15.0 Å². The van der Waals surface area contributed by atoms with Gasteiger partial charge in [0.2, 0.25) is 11.8 Å². The van der Waals surface area contributed by atoms with Crippen molar-refractivity contribution in [3.8, 4) is 23.1 Å². The van der Waals surface area contributed by atoms with Gasteiger partial charge in [-0.2, -0.15) is 9.98 Å². The summed E-state index contributed by atoms with van der Waals surface area (Å²) < 4.78 is 7.30. The zero-order chi connectivity index (χ0) is 20.8. The average Bonchev–Trinajstić information content (AvgIpc) is 3.42. The molecular formula is C22H16N4O4. The first-order valence-electron chi connectivity index (χ1n) is 9.33. The van der Waals surface area contributed by atoms with Crippen LogP contribution in [0.4, 0.5) is 10.5 Å². The molecule has 3 heterocycles. The van der Waals surface area contributed by atoms with Gasteiger partial charge in [-0.05, 0) is 49.4 Å². The Bertz CT molecular complexity index is 1480. The topological polar surface area (TPSA) is 113 Å². The second-order valence-corrected chi connectivity index (χ2v) is 6.79. The van der Waals surface area contributed by atoms with Crippen LogP contribution in [0.25, 0.3) is 22.1 Å². The first-order chi connectivity index (χ1) is 14.5. The van der Waals surface area contributed by atoms with Crippen molar-refractivity contribution in [3.63, 3.8) is 0 Å². The van der Waals surface area contributed by atoms with Gasteiger partial charge in [0, 0.05) is 22.9 Å². The molecule has 1 aliphatic rings. The largest absolute Gasteiger partial charge is 0.494 e. The Morgan fingerprint density at radius 2 is 1.80 bits per heavy atom. The van der Waals surface area contributed by atoms with E-state index in [0.717, 1.165) is 5.56 Å². The Morgan fingerprint density at radius 3 is 2.63 bits per heavy atom. The lowest BCUT2D eigenvalue weighted by Gasteiger charge is -2.00. The molecule has 0 saturated carbocycles. The first-order valence-corrected chi connectivity index (χ1v) is 9.33. The maximum absolute atomic E-state index is 11.3. The number of rotatable bonds is 4. The molecule has 0 saturated heterocycles. The van der Waals surface area contributed by atoms with Crippen LogP contribution in [-0.2, 0) is 6.54 Å². The molecule has 0 bridgehead atoms. The van der Waals surface area contributed by atoms with Gasteiger partial charge in [0.15, 0.2) is 0 Å². The Hall–Kier alpha value is -4.20. The number of benzene rings is 2. The van der Waals surface area contributed by atoms with Crippen molar-refractivity contribution < 1.29 is 19.4 Å². The van der Waals surface area contributed by atoms with Crippen LogP contribution < -0.4 is 10.7 Å². The molecule has 8 heteroatoms. The number of carbonyl (C=O) groups is 1. The smallest absolute Gasteiger partial charge is 0.368 e. The second kappa shape index (κ2) is 6.70. The number of furan rings is 1. The molecule has 0 atom stereocenters. The SMILES string of the molecule is CCn1c(O)c2ccc(-c3ccc(C=Nc4ccc5c(c4)=NC(=O)N=5)o3)cc2c1O. The Balaban J connectivity index is 1.45. The Labute approximate surface area is 169 Å². The molecule has 0 fully saturated rings. The lowest BCUT2D eigenvalue weighted by atomic mass is 10.1. The van der Waals surface area contributed by atoms with Crippen molar-refractivity contribution in [3.05, 3.63) is 65.0 Å². The predicted molar refractivity (Wildman–Crippen MR) is 110 cm³/mol. The summed E-state index contributed by atoms with van der Waals surface area (Å²) in [4.78, 5) is 23.2. The van der Waals surface area contributed by atoms with Gasteiger partial charge in [0.25, 0.3) is 0 Å². The van der Waals surface area contributed by atoms with Gasteiger partial charge < -0.3 is 14.6 Å². The lowest BCUT2D eigenvalue weighted by molar-refractivity contribution is 0.256. The van der Waals surface area contributed by atoms with E-state index in [1.54, 1.807) is 42.6 Å². The summed E-state index contributed by atoms with van der Waals surface area (Å²) in [6.45, 7) is 2.31. The minimum Gasteiger partial charge on any atom is -0.494 e. The minimum absolute atomic E-state index is 0.0208. The zero-order valence-corrected chi connectivity index (χ0v) is 15.9. The van der Waals surface area contributed by atoms with Crippen molar-refractivity contribution in [1.29, 1.82) is 0 Å². The third kappa shape index (κ3) is 2.86. The highest BCUT2D eigenvalue weighted by Crippen LogP contribution is 2.38. The Kier molecular flexibility index (Phi) is 3.99. The van der Waals surface area contributed by atoms with Crippen LogP contribution in [0.3, 0.4) is 0 Å². The highest BCUT2D eigenvalue weighted by molar-refractivity contribution is 5.95. The van der Waals surface area contributed by atoms with Crippen LogP contribution >= 0.6 is 0 Å². The van der Waals surface area contributed by atoms with Crippen LogP contribution in [0.5, 0.6) is 11.8 Å². The van der Waals surface area contributed by atoms with E-state index in [1.165, 1.54) is 4.57 Å². The Morgan fingerprint density at radius 1 is 1.00 bits per heavy atom. The minimum atomic E-state index is -0.507. The summed E-state index contributed by atoms with van der Waals surface area (Å²) in [6, 6.07) is 13.6. The third-order valence-corrected chi connectivity index (χ3v) is 4.97. The zero-order valence-electron chi connectivity index (χ0n) is 15.9. The summed E-state index contributed by atoms with van der Waals surface area (Å²) in [5.74, 6) is 1.21. The fourth-order valence-electron chi connectivity index (χ4n) is 3.49. The molecule has 2 amide bonds. The fourth-order valence-corrected chi connectivity index (χ4v) is 3.49. The molecule has 0 radical (unpaired) electrons. The van der Waals surface area contributed by atoms with Crippen LogP contribution in [0.1, 0.15) is 12.7 Å². The van der Waals surface area contributed by atoms with Gasteiger partial charge in [-0.1, -0.05) is 6.07 Å². The van der Waals surface area contributed by atoms with E-state index in [-0.39, 0.29) is 11.8 Å². The van der Waals surface area contributed by atoms with E-state index >= 15 is 0 Å². The molecule has 1 aliphatic heterocycles. The van der Waals surface area contributed by atoms with Gasteiger partial charge in [-0.3, -0.25) is 9.56 Å². The van der Waals surface area contributed by atoms with E-state index < -0.39 is 6.03 Å². The molecule has 0 aliphatic carbocycles. The molecule has 0 unspecified atom stereocenters. The molecular weight excluding hydrogens is 384 g/mol. The first kappa shape index (κ1) is 17.9. The molecule has 5 rings (SSSR count). The summed E-state index contributed by atoms with van der Waals surface area (Å²) in [6.07, 6.45) is 1.58. The predicted octanol–water partition coefficient (Wildman–Crippen LogP) is 3.46. The highest BCUT2D eigenvalue weighted by atomic mass is 16.3. The normalized spacial score (nSPS) is 13.0. The number of aromatic nitrogens is 1. The van der Waals surface area contributed by atoms with Gasteiger partial charge >= 0.3 is 6.03 Å². The highest BCUT2D eigenvalue weighted by Gasteiger charge is 2.16. The van der Waals surface area contributed by atoms with Gasteiger partial charge in [0.1, 0.15) is 11.5 Å². The van der Waals surface area contributed by atoms with Crippen molar-refractivity contribution >= 4 is 28.7 Å². The molecule has 2 N–H and O–H groups in total. The van der Waals surface area contributed by atoms with Crippen LogP contribution in [0, 0.1) is 0 Å². The maximum Gasteiger partial charge on any atom is 0.368 e. The van der Waals surface area contributed by atoms with Crippen LogP contribution in [0.2, 0.25) is 0 Å². The van der Waals surface area contributed by atoms with Crippen molar-refractivity contribution in [2.24, 2.45) is 15.0 Å². The summed E-state index contributed by atoms with van der Waals surface area (Å²) in [5, 5.41) is 22.8. The molecule has 2 aromatic carbocycles.